The van der Waals surface area contributed by atoms with Crippen molar-refractivity contribution < 1.29 is 4.79 Å². The average Bonchev–Trinajstić information content (AvgIpc) is 2.35. The van der Waals surface area contributed by atoms with Crippen LogP contribution in [0.3, 0.4) is 0 Å². The van der Waals surface area contributed by atoms with Gasteiger partial charge in [-0.2, -0.15) is 0 Å². The van der Waals surface area contributed by atoms with Gasteiger partial charge in [0.2, 0.25) is 0 Å². The molecule has 0 radical (unpaired) electrons. The van der Waals surface area contributed by atoms with E-state index in [0.29, 0.717) is 23.0 Å². The van der Waals surface area contributed by atoms with Gasteiger partial charge in [0, 0.05) is 23.1 Å². The van der Waals surface area contributed by atoms with E-state index < -0.39 is 0 Å². The fourth-order valence-corrected chi connectivity index (χ4v) is 2.81. The molecule has 5 heteroatoms. The maximum Gasteiger partial charge on any atom is 0.253 e. The normalized spacial score (nSPS) is 24.1. The Morgan fingerprint density at radius 2 is 2.22 bits per heavy atom. The molecule has 2 nitrogen and oxygen atoms in total. The Kier molecular flexibility index (Phi) is 4.57. The molecule has 18 heavy (non-hydrogen) atoms. The second-order valence-electron chi connectivity index (χ2n) is 4.66. The topological polar surface area (TPSA) is 20.3 Å². The Morgan fingerprint density at radius 3 is 2.83 bits per heavy atom. The molecule has 1 amide bonds. The first kappa shape index (κ1) is 14.2. The number of likely N-dealkylation sites (tertiary alicyclic amines) is 1. The number of rotatable bonds is 1. The Labute approximate surface area is 125 Å². The number of hydrogen-bond acceptors (Lipinski definition) is 1. The van der Waals surface area contributed by atoms with E-state index in [4.69, 9.17) is 23.2 Å². The molecule has 1 fully saturated rings. The number of piperidine rings is 1. The molecule has 1 saturated heterocycles. The number of carbonyl (C=O) groups excluding carboxylic acids is 1. The van der Waals surface area contributed by atoms with E-state index in [9.17, 15) is 4.79 Å². The van der Waals surface area contributed by atoms with Gasteiger partial charge < -0.3 is 4.90 Å². The van der Waals surface area contributed by atoms with Crippen LogP contribution in [0.2, 0.25) is 5.02 Å². The van der Waals surface area contributed by atoms with Gasteiger partial charge in [-0.15, -0.1) is 11.6 Å². The summed E-state index contributed by atoms with van der Waals surface area (Å²) in [4.78, 5) is 14.1. The molecular formula is C13H14BrCl2NO. The van der Waals surface area contributed by atoms with Crippen molar-refractivity contribution in [3.63, 3.8) is 0 Å². The summed E-state index contributed by atoms with van der Waals surface area (Å²) in [5, 5.41) is 0.646. The van der Waals surface area contributed by atoms with Gasteiger partial charge in [-0.1, -0.05) is 18.5 Å². The number of amides is 1. The van der Waals surface area contributed by atoms with Crippen molar-refractivity contribution in [1.82, 2.24) is 4.90 Å². The smallest absolute Gasteiger partial charge is 0.253 e. The lowest BCUT2D eigenvalue weighted by Gasteiger charge is -2.34. The predicted molar refractivity (Wildman–Crippen MR) is 78.5 cm³/mol. The van der Waals surface area contributed by atoms with Gasteiger partial charge in [-0.3, -0.25) is 4.79 Å². The zero-order valence-electron chi connectivity index (χ0n) is 10.00. The van der Waals surface area contributed by atoms with Crippen LogP contribution in [0.4, 0.5) is 0 Å². The molecule has 0 spiro atoms. The molecule has 1 heterocycles. The molecule has 0 bridgehead atoms. The zero-order valence-corrected chi connectivity index (χ0v) is 13.1. The van der Waals surface area contributed by atoms with E-state index in [1.165, 1.54) is 0 Å². The van der Waals surface area contributed by atoms with E-state index in [1.807, 2.05) is 4.90 Å². The fourth-order valence-electron chi connectivity index (χ4n) is 2.02. The lowest BCUT2D eigenvalue weighted by atomic mass is 9.98. The van der Waals surface area contributed by atoms with Crippen LogP contribution in [0, 0.1) is 5.92 Å². The van der Waals surface area contributed by atoms with Crippen molar-refractivity contribution in [3.8, 4) is 0 Å². The third kappa shape index (κ3) is 3.01. The number of nitrogens with zero attached hydrogens (tertiary/aromatic N) is 1. The van der Waals surface area contributed by atoms with Gasteiger partial charge in [0.25, 0.3) is 5.91 Å². The minimum atomic E-state index is 0.0184. The summed E-state index contributed by atoms with van der Waals surface area (Å²) < 4.78 is 0.739. The molecule has 0 aromatic heterocycles. The summed E-state index contributed by atoms with van der Waals surface area (Å²) in [5.41, 5.74) is 0.643. The molecule has 0 N–H and O–H groups in total. The van der Waals surface area contributed by atoms with Crippen molar-refractivity contribution >= 4 is 45.0 Å². The second kappa shape index (κ2) is 5.81. The monoisotopic (exact) mass is 349 g/mol. The summed E-state index contributed by atoms with van der Waals surface area (Å²) in [6.07, 6.45) is 0.953. The first-order chi connectivity index (χ1) is 8.49. The highest BCUT2D eigenvalue weighted by molar-refractivity contribution is 9.10. The molecule has 0 aliphatic carbocycles. The van der Waals surface area contributed by atoms with Crippen molar-refractivity contribution in [3.05, 3.63) is 33.3 Å². The number of halogens is 3. The van der Waals surface area contributed by atoms with Crippen LogP contribution in [0.5, 0.6) is 0 Å². The van der Waals surface area contributed by atoms with Crippen LogP contribution < -0.4 is 0 Å². The Balaban J connectivity index is 2.14. The Bertz CT molecular complexity index is 466. The predicted octanol–water partition coefficient (Wildman–Crippen LogP) is 4.19. The number of benzene rings is 1. The molecule has 1 aliphatic heterocycles. The van der Waals surface area contributed by atoms with Gasteiger partial charge in [0.15, 0.2) is 0 Å². The molecule has 0 saturated carbocycles. The van der Waals surface area contributed by atoms with Crippen LogP contribution in [0.1, 0.15) is 23.7 Å². The first-order valence-electron chi connectivity index (χ1n) is 5.87. The fraction of sp³-hybridized carbons (Fsp3) is 0.462. The second-order valence-corrected chi connectivity index (χ2v) is 6.48. The molecule has 2 unspecified atom stereocenters. The van der Waals surface area contributed by atoms with Gasteiger partial charge in [-0.25, -0.2) is 0 Å². The van der Waals surface area contributed by atoms with Gasteiger partial charge in [-0.05, 0) is 46.5 Å². The molecule has 1 aromatic rings. The zero-order chi connectivity index (χ0) is 13.3. The Morgan fingerprint density at radius 1 is 1.50 bits per heavy atom. The molecule has 2 atom stereocenters. The third-order valence-corrected chi connectivity index (χ3v) is 5.10. The van der Waals surface area contributed by atoms with Gasteiger partial charge in [0.05, 0.1) is 10.4 Å². The van der Waals surface area contributed by atoms with Crippen LogP contribution in [-0.2, 0) is 0 Å². The standard InChI is InChI=1S/C13H14BrCl2NO/c1-8-4-5-17(7-12(8)16)13(18)9-2-3-11(15)10(14)6-9/h2-3,6,8,12H,4-5,7H2,1H3. The maximum absolute atomic E-state index is 12.3. The summed E-state index contributed by atoms with van der Waals surface area (Å²) in [5.74, 6) is 0.484. The van der Waals surface area contributed by atoms with E-state index in [1.54, 1.807) is 18.2 Å². The first-order valence-corrected chi connectivity index (χ1v) is 7.48. The lowest BCUT2D eigenvalue weighted by Crippen LogP contribution is -2.43. The largest absolute Gasteiger partial charge is 0.337 e. The van der Waals surface area contributed by atoms with E-state index in [-0.39, 0.29) is 11.3 Å². The number of carbonyl (C=O) groups is 1. The minimum Gasteiger partial charge on any atom is -0.337 e. The maximum atomic E-state index is 12.3. The average molecular weight is 351 g/mol. The van der Waals surface area contributed by atoms with Gasteiger partial charge in [0.1, 0.15) is 0 Å². The highest BCUT2D eigenvalue weighted by Crippen LogP contribution is 2.26. The van der Waals surface area contributed by atoms with Gasteiger partial charge >= 0.3 is 0 Å². The van der Waals surface area contributed by atoms with Crippen molar-refractivity contribution in [2.45, 2.75) is 18.7 Å². The molecule has 1 aliphatic rings. The van der Waals surface area contributed by atoms with E-state index >= 15 is 0 Å². The van der Waals surface area contributed by atoms with Crippen LogP contribution in [0.25, 0.3) is 0 Å². The lowest BCUT2D eigenvalue weighted by molar-refractivity contribution is 0.0701. The summed E-state index contributed by atoms with van der Waals surface area (Å²) >= 11 is 15.5. The van der Waals surface area contributed by atoms with E-state index in [2.05, 4.69) is 22.9 Å². The summed E-state index contributed by atoms with van der Waals surface area (Å²) in [6, 6.07) is 5.23. The SMILES string of the molecule is CC1CCN(C(=O)c2ccc(Cl)c(Br)c2)CC1Cl. The van der Waals surface area contributed by atoms with E-state index in [0.717, 1.165) is 17.4 Å². The molecule has 1 aromatic carbocycles. The van der Waals surface area contributed by atoms with Crippen LogP contribution in [-0.4, -0.2) is 29.3 Å². The quantitative estimate of drug-likeness (QED) is 0.695. The summed E-state index contributed by atoms with van der Waals surface area (Å²) in [6.45, 7) is 3.50. The number of alkyl halides is 1. The van der Waals surface area contributed by atoms with Crippen molar-refractivity contribution in [2.75, 3.05) is 13.1 Å². The molecule has 98 valence electrons. The highest BCUT2D eigenvalue weighted by Gasteiger charge is 2.28. The summed E-state index contributed by atoms with van der Waals surface area (Å²) in [7, 11) is 0. The molecular weight excluding hydrogens is 337 g/mol. The third-order valence-electron chi connectivity index (χ3n) is 3.32. The van der Waals surface area contributed by atoms with Crippen LogP contribution >= 0.6 is 39.1 Å². The minimum absolute atomic E-state index is 0.0184. The molecule has 2 rings (SSSR count). The Hall–Kier alpha value is -0.250. The highest BCUT2D eigenvalue weighted by atomic mass is 79.9. The van der Waals surface area contributed by atoms with Crippen LogP contribution in [0.15, 0.2) is 22.7 Å². The van der Waals surface area contributed by atoms with Crippen molar-refractivity contribution in [1.29, 1.82) is 0 Å². The van der Waals surface area contributed by atoms with Crippen molar-refractivity contribution in [2.24, 2.45) is 5.92 Å². The number of hydrogen-bond donors (Lipinski definition) is 0.